The van der Waals surface area contributed by atoms with Gasteiger partial charge in [0.25, 0.3) is 0 Å². The van der Waals surface area contributed by atoms with Crippen LogP contribution in [0, 0.1) is 23.7 Å². The molecule has 0 aliphatic carbocycles. The predicted octanol–water partition coefficient (Wildman–Crippen LogP) is 6.81. The van der Waals surface area contributed by atoms with E-state index in [2.05, 4.69) is 59.8 Å². The summed E-state index contributed by atoms with van der Waals surface area (Å²) in [5.41, 5.74) is 2.11. The van der Waals surface area contributed by atoms with E-state index >= 15 is 0 Å². The van der Waals surface area contributed by atoms with Crippen LogP contribution in [0.15, 0.2) is 48.1 Å². The van der Waals surface area contributed by atoms with Crippen LogP contribution < -0.4 is 0 Å². The molecule has 7 heteroatoms. The van der Waals surface area contributed by atoms with Gasteiger partial charge in [-0.2, -0.15) is 0 Å². The lowest BCUT2D eigenvalue weighted by Gasteiger charge is -2.35. The monoisotopic (exact) mass is 558 g/mol. The molecule has 0 radical (unpaired) electrons. The first-order valence-corrected chi connectivity index (χ1v) is 14.7. The number of hydrogen-bond acceptors (Lipinski definition) is 3. The molecule has 1 N–H and O–H groups in total. The number of aliphatic carboxylic acids is 1. The van der Waals surface area contributed by atoms with Crippen molar-refractivity contribution in [2.45, 2.75) is 73.1 Å². The summed E-state index contributed by atoms with van der Waals surface area (Å²) in [7, 11) is 0. The number of halogens is 1. The van der Waals surface area contributed by atoms with Crippen LogP contribution in [0.1, 0.15) is 78.7 Å². The molecule has 3 atom stereocenters. The third kappa shape index (κ3) is 10.5. The molecule has 1 aromatic carbocycles. The zero-order chi connectivity index (χ0) is 29.1. The molecule has 0 spiro atoms. The number of allylic oxidation sites excluding steroid dienone is 4. The number of amides is 2. The van der Waals surface area contributed by atoms with Crippen molar-refractivity contribution in [3.63, 3.8) is 0 Å². The Hall–Kier alpha value is -2.60. The smallest absolute Gasteiger partial charge is 0.306 e. The van der Waals surface area contributed by atoms with Gasteiger partial charge in [-0.3, -0.25) is 14.4 Å². The Bertz CT molecular complexity index is 1010. The minimum absolute atomic E-state index is 0.00566. The molecule has 1 heterocycles. The molecule has 1 fully saturated rings. The number of hydrogen-bond donors (Lipinski definition) is 1. The van der Waals surface area contributed by atoms with Crippen molar-refractivity contribution in [1.29, 1.82) is 0 Å². The summed E-state index contributed by atoms with van der Waals surface area (Å²) in [5, 5.41) is 9.94. The van der Waals surface area contributed by atoms with Crippen molar-refractivity contribution >= 4 is 29.4 Å². The van der Waals surface area contributed by atoms with Crippen molar-refractivity contribution in [2.24, 2.45) is 23.7 Å². The maximum absolute atomic E-state index is 14.2. The number of benzene rings is 1. The van der Waals surface area contributed by atoms with Gasteiger partial charge in [-0.1, -0.05) is 82.2 Å². The lowest BCUT2D eigenvalue weighted by Crippen LogP contribution is -2.48. The number of likely N-dealkylation sites (tertiary alicyclic amines) is 1. The van der Waals surface area contributed by atoms with Crippen LogP contribution in [0.3, 0.4) is 0 Å². The molecule has 1 saturated heterocycles. The number of nitrogens with zero attached hydrogens (tertiary/aromatic N) is 2. The quantitative estimate of drug-likeness (QED) is 0.270. The molecule has 1 aromatic rings. The summed E-state index contributed by atoms with van der Waals surface area (Å²) in [5.74, 6) is -1.14. The van der Waals surface area contributed by atoms with Crippen LogP contribution >= 0.6 is 11.6 Å². The van der Waals surface area contributed by atoms with E-state index in [-0.39, 0.29) is 42.0 Å². The normalized spacial score (nSPS) is 17.3. The van der Waals surface area contributed by atoms with E-state index in [1.54, 1.807) is 21.9 Å². The summed E-state index contributed by atoms with van der Waals surface area (Å²) < 4.78 is 0. The standard InChI is InChI=1S/C32H47ClN2O4/c1-7-8-23(4)9-10-24(5)25(6)20-35(21-30(36)34-17-15-27(16-18-34)32(38)39)31(37)29(19-22(2)3)26-11-13-28(33)14-12-26/h8-14,22,24-25,27,29H,7,15-21H2,1-6H3,(H,38,39)/b10-9-,23-8-. The molecule has 1 aliphatic heterocycles. The Kier molecular flexibility index (Phi) is 13.3. The Morgan fingerprint density at radius 2 is 1.72 bits per heavy atom. The molecular formula is C32H47ClN2O4. The Labute approximate surface area is 240 Å². The van der Waals surface area contributed by atoms with Gasteiger partial charge in [0.15, 0.2) is 0 Å². The van der Waals surface area contributed by atoms with E-state index in [1.807, 2.05) is 12.1 Å². The topological polar surface area (TPSA) is 77.9 Å². The molecule has 0 bridgehead atoms. The van der Waals surface area contributed by atoms with Crippen LogP contribution in [0.4, 0.5) is 0 Å². The minimum atomic E-state index is -0.807. The van der Waals surface area contributed by atoms with E-state index in [0.717, 1.165) is 12.0 Å². The van der Waals surface area contributed by atoms with Gasteiger partial charge < -0.3 is 14.9 Å². The highest BCUT2D eigenvalue weighted by Crippen LogP contribution is 2.29. The summed E-state index contributed by atoms with van der Waals surface area (Å²) in [4.78, 5) is 42.4. The van der Waals surface area contributed by atoms with Gasteiger partial charge in [-0.15, -0.1) is 0 Å². The molecule has 1 aliphatic rings. The van der Waals surface area contributed by atoms with Crippen LogP contribution in [-0.2, 0) is 14.4 Å². The summed E-state index contributed by atoms with van der Waals surface area (Å²) in [6.45, 7) is 13.9. The maximum Gasteiger partial charge on any atom is 0.306 e. The molecule has 0 aromatic heterocycles. The molecule has 6 nitrogen and oxygen atoms in total. The maximum atomic E-state index is 14.2. The largest absolute Gasteiger partial charge is 0.481 e. The van der Waals surface area contributed by atoms with Gasteiger partial charge in [0.2, 0.25) is 11.8 Å². The number of carboxylic acids is 1. The number of piperidine rings is 1. The second kappa shape index (κ2) is 15.9. The molecule has 216 valence electrons. The highest BCUT2D eigenvalue weighted by molar-refractivity contribution is 6.30. The van der Waals surface area contributed by atoms with Gasteiger partial charge in [-0.05, 0) is 68.1 Å². The van der Waals surface area contributed by atoms with E-state index in [9.17, 15) is 19.5 Å². The third-order valence-corrected chi connectivity index (χ3v) is 7.96. The Morgan fingerprint density at radius 3 is 2.26 bits per heavy atom. The minimum Gasteiger partial charge on any atom is -0.481 e. The predicted molar refractivity (Wildman–Crippen MR) is 159 cm³/mol. The van der Waals surface area contributed by atoms with Gasteiger partial charge in [-0.25, -0.2) is 0 Å². The van der Waals surface area contributed by atoms with Crippen LogP contribution in [0.25, 0.3) is 0 Å². The lowest BCUT2D eigenvalue weighted by molar-refractivity contribution is -0.147. The Balaban J connectivity index is 2.29. The van der Waals surface area contributed by atoms with Crippen molar-refractivity contribution < 1.29 is 19.5 Å². The molecule has 3 unspecified atom stereocenters. The first-order chi connectivity index (χ1) is 18.4. The fourth-order valence-electron chi connectivity index (χ4n) is 5.04. The molecule has 2 rings (SSSR count). The second-order valence-corrected chi connectivity index (χ2v) is 11.9. The third-order valence-electron chi connectivity index (χ3n) is 7.71. The number of rotatable bonds is 13. The fraction of sp³-hybridized carbons (Fsp3) is 0.594. The van der Waals surface area contributed by atoms with E-state index in [4.69, 9.17) is 11.6 Å². The molecule has 0 saturated carbocycles. The lowest BCUT2D eigenvalue weighted by atomic mass is 9.88. The first kappa shape index (κ1) is 32.6. The van der Waals surface area contributed by atoms with Crippen LogP contribution in [0.2, 0.25) is 5.02 Å². The SMILES string of the molecule is CC/C=C(C)\C=C/C(C)C(C)CN(CC(=O)N1CCC(C(=O)O)CC1)C(=O)C(CC(C)C)c1ccc(Cl)cc1. The number of carbonyl (C=O) groups excluding carboxylic acids is 2. The second-order valence-electron chi connectivity index (χ2n) is 11.5. The van der Waals surface area contributed by atoms with Crippen molar-refractivity contribution in [3.8, 4) is 0 Å². The van der Waals surface area contributed by atoms with Gasteiger partial charge >= 0.3 is 5.97 Å². The molecule has 2 amide bonds. The highest BCUT2D eigenvalue weighted by atomic mass is 35.5. The molecule has 39 heavy (non-hydrogen) atoms. The van der Waals surface area contributed by atoms with E-state index in [1.165, 1.54) is 5.57 Å². The van der Waals surface area contributed by atoms with Crippen LogP contribution in [0.5, 0.6) is 0 Å². The molecular weight excluding hydrogens is 512 g/mol. The summed E-state index contributed by atoms with van der Waals surface area (Å²) in [6.07, 6.45) is 9.02. The number of carboxylic acid groups (broad SMARTS) is 1. The van der Waals surface area contributed by atoms with E-state index in [0.29, 0.717) is 43.9 Å². The van der Waals surface area contributed by atoms with Gasteiger partial charge in [0, 0.05) is 24.7 Å². The Morgan fingerprint density at radius 1 is 1.10 bits per heavy atom. The summed E-state index contributed by atoms with van der Waals surface area (Å²) in [6, 6.07) is 7.42. The zero-order valence-corrected chi connectivity index (χ0v) is 25.3. The number of carbonyl (C=O) groups is 3. The van der Waals surface area contributed by atoms with E-state index < -0.39 is 11.9 Å². The summed E-state index contributed by atoms with van der Waals surface area (Å²) >= 11 is 6.13. The van der Waals surface area contributed by atoms with Gasteiger partial charge in [0.1, 0.15) is 0 Å². The average molecular weight is 559 g/mol. The highest BCUT2D eigenvalue weighted by Gasteiger charge is 2.32. The fourth-order valence-corrected chi connectivity index (χ4v) is 5.16. The van der Waals surface area contributed by atoms with Crippen molar-refractivity contribution in [2.75, 3.05) is 26.2 Å². The van der Waals surface area contributed by atoms with Crippen molar-refractivity contribution in [1.82, 2.24) is 9.80 Å². The average Bonchev–Trinajstić information content (AvgIpc) is 2.90. The van der Waals surface area contributed by atoms with Crippen LogP contribution in [-0.4, -0.2) is 58.9 Å². The van der Waals surface area contributed by atoms with Crippen molar-refractivity contribution in [3.05, 3.63) is 58.7 Å². The first-order valence-electron chi connectivity index (χ1n) is 14.3. The zero-order valence-electron chi connectivity index (χ0n) is 24.5. The van der Waals surface area contributed by atoms with Gasteiger partial charge in [0.05, 0.1) is 18.4 Å².